The number of nitrogens with zero attached hydrogens (tertiary/aromatic N) is 1. The Morgan fingerprint density at radius 2 is 2.58 bits per heavy atom. The molecule has 0 unspecified atom stereocenters. The number of carbonyl (C=O) groups excluding carboxylic acids is 1. The van der Waals surface area contributed by atoms with Gasteiger partial charge in [-0.3, -0.25) is 4.79 Å². The molecule has 68 valence electrons. The first-order chi connectivity index (χ1) is 5.83. The lowest BCUT2D eigenvalue weighted by Crippen LogP contribution is -2.10. The summed E-state index contributed by atoms with van der Waals surface area (Å²) in [6.07, 6.45) is 3.00. The Hall–Kier alpha value is -1.06. The molecule has 1 aliphatic rings. The lowest BCUT2D eigenvalue weighted by Gasteiger charge is -2.10. The third kappa shape index (κ3) is 2.90. The van der Waals surface area contributed by atoms with Crippen LogP contribution in [-0.2, 0) is 14.4 Å². The molecule has 0 aromatic carbocycles. The van der Waals surface area contributed by atoms with Crippen molar-refractivity contribution in [2.24, 2.45) is 5.16 Å². The smallest absolute Gasteiger partial charge is 0.305 e. The van der Waals surface area contributed by atoms with Gasteiger partial charge >= 0.3 is 5.97 Å². The Morgan fingerprint density at radius 3 is 3.17 bits per heavy atom. The molecule has 0 saturated carbocycles. The van der Waals surface area contributed by atoms with Crippen molar-refractivity contribution in [2.45, 2.75) is 25.7 Å². The maximum absolute atomic E-state index is 10.7. The average molecular weight is 171 g/mol. The highest BCUT2D eigenvalue weighted by Gasteiger charge is 2.08. The third-order valence-corrected chi connectivity index (χ3v) is 1.74. The summed E-state index contributed by atoms with van der Waals surface area (Å²) in [6.45, 7) is 0.696. The molecule has 0 fully saturated rings. The zero-order valence-electron chi connectivity index (χ0n) is 7.21. The lowest BCUT2D eigenvalue weighted by molar-refractivity contribution is -0.140. The topological polar surface area (TPSA) is 47.9 Å². The van der Waals surface area contributed by atoms with E-state index >= 15 is 0 Å². The van der Waals surface area contributed by atoms with Crippen molar-refractivity contribution in [3.8, 4) is 0 Å². The van der Waals surface area contributed by atoms with E-state index in [1.165, 1.54) is 7.11 Å². The highest BCUT2D eigenvalue weighted by Crippen LogP contribution is 2.07. The van der Waals surface area contributed by atoms with Gasteiger partial charge in [-0.05, 0) is 19.3 Å². The van der Waals surface area contributed by atoms with Gasteiger partial charge in [-0.1, -0.05) is 5.16 Å². The lowest BCUT2D eigenvalue weighted by atomic mass is 10.1. The van der Waals surface area contributed by atoms with Gasteiger partial charge in [0.05, 0.1) is 19.2 Å². The van der Waals surface area contributed by atoms with Crippen molar-refractivity contribution < 1.29 is 14.4 Å². The van der Waals surface area contributed by atoms with Crippen LogP contribution < -0.4 is 0 Å². The molecule has 0 aromatic rings. The van der Waals surface area contributed by atoms with E-state index in [0.29, 0.717) is 19.4 Å². The Balaban J connectivity index is 2.21. The minimum atomic E-state index is -0.191. The molecule has 0 spiro atoms. The quantitative estimate of drug-likeness (QED) is 0.597. The molecule has 0 saturated heterocycles. The van der Waals surface area contributed by atoms with E-state index in [2.05, 4.69) is 9.89 Å². The summed E-state index contributed by atoms with van der Waals surface area (Å²) >= 11 is 0. The molecule has 0 bridgehead atoms. The van der Waals surface area contributed by atoms with Gasteiger partial charge in [-0.15, -0.1) is 0 Å². The van der Waals surface area contributed by atoms with Crippen molar-refractivity contribution in [3.05, 3.63) is 0 Å². The van der Waals surface area contributed by atoms with Gasteiger partial charge in [0, 0.05) is 0 Å². The fourth-order valence-corrected chi connectivity index (χ4v) is 1.04. The van der Waals surface area contributed by atoms with E-state index in [0.717, 1.165) is 18.6 Å². The van der Waals surface area contributed by atoms with Gasteiger partial charge in [0.2, 0.25) is 0 Å². The second kappa shape index (κ2) is 4.74. The van der Waals surface area contributed by atoms with Crippen LogP contribution in [-0.4, -0.2) is 25.4 Å². The van der Waals surface area contributed by atoms with Crippen molar-refractivity contribution >= 4 is 11.7 Å². The molecule has 1 rings (SSSR count). The number of oxime groups is 1. The first kappa shape index (κ1) is 9.03. The van der Waals surface area contributed by atoms with Crippen LogP contribution in [0.1, 0.15) is 25.7 Å². The Kier molecular flexibility index (Phi) is 3.57. The Bertz CT molecular complexity index is 189. The number of hydrogen-bond acceptors (Lipinski definition) is 4. The van der Waals surface area contributed by atoms with Gasteiger partial charge in [-0.2, -0.15) is 0 Å². The normalized spacial score (nSPS) is 16.2. The summed E-state index contributed by atoms with van der Waals surface area (Å²) in [5.41, 5.74) is 0.964. The van der Waals surface area contributed by atoms with E-state index < -0.39 is 0 Å². The summed E-state index contributed by atoms with van der Waals surface area (Å²) in [4.78, 5) is 15.6. The molecule has 4 heteroatoms. The summed E-state index contributed by atoms with van der Waals surface area (Å²) in [7, 11) is 1.39. The molecule has 0 N–H and O–H groups in total. The van der Waals surface area contributed by atoms with E-state index in [1.54, 1.807) is 0 Å². The van der Waals surface area contributed by atoms with Gasteiger partial charge in [0.25, 0.3) is 0 Å². The number of methoxy groups -OCH3 is 1. The molecule has 12 heavy (non-hydrogen) atoms. The molecule has 0 atom stereocenters. The SMILES string of the molecule is COC(=O)CCC1=NOCCC1. The fraction of sp³-hybridized carbons (Fsp3) is 0.750. The predicted molar refractivity (Wildman–Crippen MR) is 43.9 cm³/mol. The number of carbonyl (C=O) groups is 1. The first-order valence-corrected chi connectivity index (χ1v) is 4.07. The fourth-order valence-electron chi connectivity index (χ4n) is 1.04. The zero-order chi connectivity index (χ0) is 8.81. The molecule has 0 radical (unpaired) electrons. The van der Waals surface area contributed by atoms with Crippen LogP contribution in [0.2, 0.25) is 0 Å². The van der Waals surface area contributed by atoms with Crippen molar-refractivity contribution in [1.82, 2.24) is 0 Å². The van der Waals surface area contributed by atoms with Crippen LogP contribution in [0.15, 0.2) is 5.16 Å². The van der Waals surface area contributed by atoms with E-state index in [1.807, 2.05) is 0 Å². The molecule has 1 aliphatic heterocycles. The van der Waals surface area contributed by atoms with Crippen LogP contribution >= 0.6 is 0 Å². The molecule has 1 heterocycles. The average Bonchev–Trinajstić information content (AvgIpc) is 2.16. The van der Waals surface area contributed by atoms with Crippen LogP contribution in [0.5, 0.6) is 0 Å². The number of rotatable bonds is 3. The zero-order valence-corrected chi connectivity index (χ0v) is 7.21. The summed E-state index contributed by atoms with van der Waals surface area (Å²) < 4.78 is 4.51. The number of esters is 1. The van der Waals surface area contributed by atoms with Gasteiger partial charge < -0.3 is 9.57 Å². The first-order valence-electron chi connectivity index (χ1n) is 4.07. The van der Waals surface area contributed by atoms with Crippen molar-refractivity contribution in [3.63, 3.8) is 0 Å². The summed E-state index contributed by atoms with van der Waals surface area (Å²) in [6, 6.07) is 0. The standard InChI is InChI=1S/C8H13NO3/c1-11-8(10)5-4-7-3-2-6-12-9-7/h2-6H2,1H3. The molecule has 0 aromatic heterocycles. The summed E-state index contributed by atoms with van der Waals surface area (Å²) in [5, 5.41) is 3.84. The minimum absolute atomic E-state index is 0.191. The van der Waals surface area contributed by atoms with Crippen molar-refractivity contribution in [1.29, 1.82) is 0 Å². The Morgan fingerprint density at radius 1 is 1.75 bits per heavy atom. The molecule has 4 nitrogen and oxygen atoms in total. The van der Waals surface area contributed by atoms with Gasteiger partial charge in [0.1, 0.15) is 6.61 Å². The monoisotopic (exact) mass is 171 g/mol. The maximum atomic E-state index is 10.7. The largest absolute Gasteiger partial charge is 0.469 e. The number of hydrogen-bond donors (Lipinski definition) is 0. The van der Waals surface area contributed by atoms with Crippen LogP contribution in [0.3, 0.4) is 0 Å². The van der Waals surface area contributed by atoms with E-state index in [9.17, 15) is 4.79 Å². The molecular weight excluding hydrogens is 158 g/mol. The van der Waals surface area contributed by atoms with Crippen molar-refractivity contribution in [2.75, 3.05) is 13.7 Å². The van der Waals surface area contributed by atoms with E-state index in [4.69, 9.17) is 4.84 Å². The summed E-state index contributed by atoms with van der Waals surface area (Å²) in [5.74, 6) is -0.191. The van der Waals surface area contributed by atoms with Gasteiger partial charge in [0.15, 0.2) is 0 Å². The molecule has 0 amide bonds. The Labute approximate surface area is 71.5 Å². The maximum Gasteiger partial charge on any atom is 0.305 e. The van der Waals surface area contributed by atoms with Gasteiger partial charge in [-0.25, -0.2) is 0 Å². The van der Waals surface area contributed by atoms with E-state index in [-0.39, 0.29) is 5.97 Å². The number of ether oxygens (including phenoxy) is 1. The van der Waals surface area contributed by atoms with Crippen LogP contribution in [0.25, 0.3) is 0 Å². The highest BCUT2D eigenvalue weighted by atomic mass is 16.6. The highest BCUT2D eigenvalue weighted by molar-refractivity contribution is 5.87. The third-order valence-electron chi connectivity index (χ3n) is 1.74. The molecule has 0 aliphatic carbocycles. The molecular formula is C8H13NO3. The second-order valence-corrected chi connectivity index (χ2v) is 2.67. The van der Waals surface area contributed by atoms with Crippen LogP contribution in [0.4, 0.5) is 0 Å². The second-order valence-electron chi connectivity index (χ2n) is 2.67. The minimum Gasteiger partial charge on any atom is -0.469 e. The van der Waals surface area contributed by atoms with Crippen LogP contribution in [0, 0.1) is 0 Å². The predicted octanol–water partition coefficient (Wildman–Crippen LogP) is 1.11.